The number of methoxy groups -OCH3 is 1. The van der Waals surface area contributed by atoms with Crippen molar-refractivity contribution in [3.8, 4) is 5.75 Å². The Balaban J connectivity index is 2.46. The van der Waals surface area contributed by atoms with Gasteiger partial charge < -0.3 is 9.64 Å². The van der Waals surface area contributed by atoms with E-state index < -0.39 is 0 Å². The molecule has 0 radical (unpaired) electrons. The molecule has 0 aliphatic rings. The molecule has 2 aromatic rings. The lowest BCUT2D eigenvalue weighted by Gasteiger charge is -2.20. The number of rotatable bonds is 6. The number of hydrogen-bond acceptors (Lipinski definition) is 3. The van der Waals surface area contributed by atoms with E-state index in [1.165, 1.54) is 0 Å². The van der Waals surface area contributed by atoms with E-state index in [9.17, 15) is 9.59 Å². The average molecular weight is 346 g/mol. The summed E-state index contributed by atoms with van der Waals surface area (Å²) >= 11 is 6.05. The van der Waals surface area contributed by atoms with Crippen LogP contribution < -0.4 is 4.74 Å². The topological polar surface area (TPSA) is 46.6 Å². The molecule has 0 saturated heterocycles. The van der Waals surface area contributed by atoms with E-state index in [0.717, 1.165) is 0 Å². The Morgan fingerprint density at radius 1 is 1.00 bits per heavy atom. The summed E-state index contributed by atoms with van der Waals surface area (Å²) < 4.78 is 5.10. The molecular formula is C19H20ClNO3. The molecule has 5 heteroatoms. The fraction of sp³-hybridized carbons (Fsp3) is 0.263. The molecule has 0 aliphatic carbocycles. The zero-order valence-electron chi connectivity index (χ0n) is 14.0. The number of halogens is 1. The molecule has 2 aromatic carbocycles. The first kappa shape index (κ1) is 18.0. The molecule has 0 N–H and O–H groups in total. The van der Waals surface area contributed by atoms with Crippen molar-refractivity contribution in [2.24, 2.45) is 0 Å². The van der Waals surface area contributed by atoms with E-state index in [1.807, 2.05) is 13.8 Å². The maximum absolute atomic E-state index is 12.9. The van der Waals surface area contributed by atoms with Gasteiger partial charge in [0.05, 0.1) is 12.7 Å². The Hall–Kier alpha value is -2.33. The molecule has 0 atom stereocenters. The van der Waals surface area contributed by atoms with Crippen LogP contribution in [0.5, 0.6) is 5.75 Å². The molecule has 4 nitrogen and oxygen atoms in total. The van der Waals surface area contributed by atoms with Crippen molar-refractivity contribution in [2.45, 2.75) is 13.8 Å². The zero-order chi connectivity index (χ0) is 17.7. The summed E-state index contributed by atoms with van der Waals surface area (Å²) in [5, 5.41) is 0.419. The maximum atomic E-state index is 12.9. The van der Waals surface area contributed by atoms with Crippen molar-refractivity contribution in [2.75, 3.05) is 20.2 Å². The van der Waals surface area contributed by atoms with E-state index in [1.54, 1.807) is 54.5 Å². The SMILES string of the molecule is CCN(CC)C(=O)c1ccc(Cl)cc1C(=O)c1ccc(OC)cc1. The normalized spacial score (nSPS) is 10.3. The number of benzene rings is 2. The smallest absolute Gasteiger partial charge is 0.254 e. The fourth-order valence-corrected chi connectivity index (χ4v) is 2.64. The molecule has 24 heavy (non-hydrogen) atoms. The molecular weight excluding hydrogens is 326 g/mol. The maximum Gasteiger partial charge on any atom is 0.254 e. The zero-order valence-corrected chi connectivity index (χ0v) is 14.8. The summed E-state index contributed by atoms with van der Waals surface area (Å²) in [6, 6.07) is 11.6. The van der Waals surface area contributed by atoms with Gasteiger partial charge in [-0.05, 0) is 56.3 Å². The largest absolute Gasteiger partial charge is 0.497 e. The summed E-state index contributed by atoms with van der Waals surface area (Å²) in [5.41, 5.74) is 1.15. The molecule has 0 bridgehead atoms. The van der Waals surface area contributed by atoms with Crippen LogP contribution in [0.4, 0.5) is 0 Å². The van der Waals surface area contributed by atoms with Crippen LogP contribution in [0, 0.1) is 0 Å². The van der Waals surface area contributed by atoms with Gasteiger partial charge in [0.25, 0.3) is 5.91 Å². The Morgan fingerprint density at radius 3 is 2.17 bits per heavy atom. The van der Waals surface area contributed by atoms with Crippen molar-refractivity contribution in [1.82, 2.24) is 4.90 Å². The first-order chi connectivity index (χ1) is 11.5. The van der Waals surface area contributed by atoms with Crippen molar-refractivity contribution in [3.63, 3.8) is 0 Å². The van der Waals surface area contributed by atoms with Crippen molar-refractivity contribution < 1.29 is 14.3 Å². The van der Waals surface area contributed by atoms with Gasteiger partial charge in [0.15, 0.2) is 5.78 Å². The number of ketones is 1. The number of ether oxygens (including phenoxy) is 1. The third-order valence-electron chi connectivity index (χ3n) is 3.86. The van der Waals surface area contributed by atoms with Crippen LogP contribution >= 0.6 is 11.6 Å². The highest BCUT2D eigenvalue weighted by Crippen LogP contribution is 2.22. The average Bonchev–Trinajstić information content (AvgIpc) is 2.62. The van der Waals surface area contributed by atoms with Gasteiger partial charge in [-0.15, -0.1) is 0 Å². The minimum absolute atomic E-state index is 0.173. The molecule has 0 spiro atoms. The van der Waals surface area contributed by atoms with E-state index in [2.05, 4.69) is 0 Å². The predicted octanol–water partition coefficient (Wildman–Crippen LogP) is 4.06. The summed E-state index contributed by atoms with van der Waals surface area (Å²) in [4.78, 5) is 27.2. The highest BCUT2D eigenvalue weighted by Gasteiger charge is 2.21. The van der Waals surface area contributed by atoms with Crippen LogP contribution in [-0.4, -0.2) is 36.8 Å². The standard InChI is InChI=1S/C19H20ClNO3/c1-4-21(5-2)19(23)16-11-8-14(20)12-17(16)18(22)13-6-9-15(24-3)10-7-13/h6-12H,4-5H2,1-3H3. The van der Waals surface area contributed by atoms with Crippen LogP contribution in [0.1, 0.15) is 40.1 Å². The lowest BCUT2D eigenvalue weighted by molar-refractivity contribution is 0.0768. The van der Waals surface area contributed by atoms with Gasteiger partial charge in [0.1, 0.15) is 5.75 Å². The predicted molar refractivity (Wildman–Crippen MR) is 95.1 cm³/mol. The lowest BCUT2D eigenvalue weighted by atomic mass is 9.97. The molecule has 0 heterocycles. The lowest BCUT2D eigenvalue weighted by Crippen LogP contribution is -2.31. The van der Waals surface area contributed by atoms with Crippen molar-refractivity contribution in [3.05, 3.63) is 64.2 Å². The van der Waals surface area contributed by atoms with Crippen molar-refractivity contribution >= 4 is 23.3 Å². The number of nitrogens with zero attached hydrogens (tertiary/aromatic N) is 1. The van der Waals surface area contributed by atoms with E-state index in [-0.39, 0.29) is 11.7 Å². The Morgan fingerprint density at radius 2 is 1.62 bits per heavy atom. The van der Waals surface area contributed by atoms with Crippen LogP contribution in [0.3, 0.4) is 0 Å². The van der Waals surface area contributed by atoms with Crippen LogP contribution in [-0.2, 0) is 0 Å². The molecule has 0 aromatic heterocycles. The number of amides is 1. The molecule has 0 unspecified atom stereocenters. The van der Waals surface area contributed by atoms with Gasteiger partial charge >= 0.3 is 0 Å². The van der Waals surface area contributed by atoms with Gasteiger partial charge in [0.2, 0.25) is 0 Å². The van der Waals surface area contributed by atoms with Crippen molar-refractivity contribution in [1.29, 1.82) is 0 Å². The molecule has 0 aliphatic heterocycles. The van der Waals surface area contributed by atoms with E-state index in [4.69, 9.17) is 16.3 Å². The fourth-order valence-electron chi connectivity index (χ4n) is 2.47. The minimum atomic E-state index is -0.240. The van der Waals surface area contributed by atoms with E-state index in [0.29, 0.717) is 40.6 Å². The molecule has 2 rings (SSSR count). The van der Waals surface area contributed by atoms with Gasteiger partial charge in [-0.25, -0.2) is 0 Å². The molecule has 126 valence electrons. The summed E-state index contributed by atoms with van der Waals surface area (Å²) in [7, 11) is 1.56. The quantitative estimate of drug-likeness (QED) is 0.742. The molecule has 1 amide bonds. The number of hydrogen-bond donors (Lipinski definition) is 0. The summed E-state index contributed by atoms with van der Waals surface area (Å²) in [6.45, 7) is 4.97. The summed E-state index contributed by atoms with van der Waals surface area (Å²) in [6.07, 6.45) is 0. The molecule has 0 fully saturated rings. The number of carbonyl (C=O) groups excluding carboxylic acids is 2. The first-order valence-electron chi connectivity index (χ1n) is 7.79. The van der Waals surface area contributed by atoms with Gasteiger partial charge in [-0.1, -0.05) is 11.6 Å². The summed E-state index contributed by atoms with van der Waals surface area (Å²) in [5.74, 6) is 0.251. The van der Waals surface area contributed by atoms with Gasteiger partial charge in [0, 0.05) is 29.2 Å². The Labute approximate surface area is 147 Å². The number of carbonyl (C=O) groups is 2. The first-order valence-corrected chi connectivity index (χ1v) is 8.17. The third kappa shape index (κ3) is 3.77. The minimum Gasteiger partial charge on any atom is -0.497 e. The highest BCUT2D eigenvalue weighted by atomic mass is 35.5. The van der Waals surface area contributed by atoms with Gasteiger partial charge in [-0.2, -0.15) is 0 Å². The van der Waals surface area contributed by atoms with E-state index >= 15 is 0 Å². The Kier molecular flexibility index (Phi) is 5.99. The Bertz CT molecular complexity index is 737. The van der Waals surface area contributed by atoms with Crippen LogP contribution in [0.2, 0.25) is 5.02 Å². The second-order valence-corrected chi connectivity index (χ2v) is 5.66. The third-order valence-corrected chi connectivity index (χ3v) is 4.09. The second kappa shape index (κ2) is 7.97. The second-order valence-electron chi connectivity index (χ2n) is 5.22. The van der Waals surface area contributed by atoms with Crippen LogP contribution in [0.15, 0.2) is 42.5 Å². The van der Waals surface area contributed by atoms with Crippen LogP contribution in [0.25, 0.3) is 0 Å². The highest BCUT2D eigenvalue weighted by molar-refractivity contribution is 6.31. The molecule has 0 saturated carbocycles. The monoisotopic (exact) mass is 345 g/mol. The van der Waals surface area contributed by atoms with Gasteiger partial charge in [-0.3, -0.25) is 9.59 Å².